The molecule has 2 aromatic carbocycles. The summed E-state index contributed by atoms with van der Waals surface area (Å²) in [5.41, 5.74) is 2.18. The van der Waals surface area contributed by atoms with Crippen molar-refractivity contribution in [2.45, 2.75) is 20.0 Å². The third-order valence-corrected chi connectivity index (χ3v) is 2.90. The molecule has 0 aliphatic carbocycles. The minimum atomic E-state index is -4.33. The minimum Gasteiger partial charge on any atom is -0.166 e. The third kappa shape index (κ3) is 2.40. The number of hydrogen-bond donors (Lipinski definition) is 0. The molecular weight excluding hydrogens is 237 g/mol. The Hall–Kier alpha value is -1.77. The molecule has 0 unspecified atom stereocenters. The summed E-state index contributed by atoms with van der Waals surface area (Å²) in [5, 5.41) is 0. The zero-order valence-corrected chi connectivity index (χ0v) is 10.2. The van der Waals surface area contributed by atoms with Crippen LogP contribution >= 0.6 is 0 Å². The molecule has 18 heavy (non-hydrogen) atoms. The molecule has 0 saturated heterocycles. The van der Waals surface area contributed by atoms with Crippen LogP contribution in [0.2, 0.25) is 0 Å². The van der Waals surface area contributed by atoms with Crippen LogP contribution in [0.4, 0.5) is 13.2 Å². The molecule has 0 atom stereocenters. The summed E-state index contributed by atoms with van der Waals surface area (Å²) in [6.07, 6.45) is -4.33. The SMILES string of the molecule is Cc1ccc(-c2ccccc2C(F)(F)F)c(C)c1. The summed E-state index contributed by atoms with van der Waals surface area (Å²) < 4.78 is 38.8. The first-order valence-electron chi connectivity index (χ1n) is 5.63. The van der Waals surface area contributed by atoms with Crippen LogP contribution in [0.1, 0.15) is 16.7 Å². The van der Waals surface area contributed by atoms with Crippen molar-refractivity contribution in [2.75, 3.05) is 0 Å². The van der Waals surface area contributed by atoms with Gasteiger partial charge in [-0.3, -0.25) is 0 Å². The van der Waals surface area contributed by atoms with Crippen molar-refractivity contribution in [3.05, 3.63) is 59.2 Å². The van der Waals surface area contributed by atoms with Gasteiger partial charge in [0, 0.05) is 0 Å². The van der Waals surface area contributed by atoms with E-state index in [2.05, 4.69) is 0 Å². The van der Waals surface area contributed by atoms with Crippen LogP contribution in [0.5, 0.6) is 0 Å². The lowest BCUT2D eigenvalue weighted by molar-refractivity contribution is -0.137. The van der Waals surface area contributed by atoms with Crippen molar-refractivity contribution in [3.8, 4) is 11.1 Å². The number of rotatable bonds is 1. The second-order valence-corrected chi connectivity index (χ2v) is 4.36. The first kappa shape index (κ1) is 12.7. The number of alkyl halides is 3. The van der Waals surface area contributed by atoms with Crippen molar-refractivity contribution in [1.82, 2.24) is 0 Å². The molecule has 0 nitrogen and oxygen atoms in total. The molecule has 0 amide bonds. The first-order valence-corrected chi connectivity index (χ1v) is 5.63. The Morgan fingerprint density at radius 3 is 2.11 bits per heavy atom. The van der Waals surface area contributed by atoms with E-state index in [0.29, 0.717) is 5.56 Å². The molecule has 0 heterocycles. The van der Waals surface area contributed by atoms with Gasteiger partial charge >= 0.3 is 6.18 Å². The van der Waals surface area contributed by atoms with Crippen LogP contribution in [0.15, 0.2) is 42.5 Å². The maximum Gasteiger partial charge on any atom is 0.417 e. The molecule has 0 aromatic heterocycles. The molecule has 94 valence electrons. The Bertz CT molecular complexity index is 568. The van der Waals surface area contributed by atoms with E-state index in [1.54, 1.807) is 12.1 Å². The summed E-state index contributed by atoms with van der Waals surface area (Å²) in [7, 11) is 0. The van der Waals surface area contributed by atoms with Crippen LogP contribution in [0.25, 0.3) is 11.1 Å². The fourth-order valence-electron chi connectivity index (χ4n) is 2.08. The van der Waals surface area contributed by atoms with E-state index in [1.165, 1.54) is 12.1 Å². The van der Waals surface area contributed by atoms with Crippen molar-refractivity contribution >= 4 is 0 Å². The van der Waals surface area contributed by atoms with Gasteiger partial charge in [0.15, 0.2) is 0 Å². The summed E-state index contributed by atoms with van der Waals surface area (Å²) in [4.78, 5) is 0. The van der Waals surface area contributed by atoms with Gasteiger partial charge in [0.2, 0.25) is 0 Å². The van der Waals surface area contributed by atoms with Gasteiger partial charge < -0.3 is 0 Å². The fraction of sp³-hybridized carbons (Fsp3) is 0.200. The molecule has 0 aliphatic heterocycles. The monoisotopic (exact) mass is 250 g/mol. The normalized spacial score (nSPS) is 11.6. The van der Waals surface area contributed by atoms with Crippen LogP contribution < -0.4 is 0 Å². The Labute approximate surface area is 104 Å². The summed E-state index contributed by atoms with van der Waals surface area (Å²) in [6.45, 7) is 3.75. The lowest BCUT2D eigenvalue weighted by Gasteiger charge is -2.14. The first-order chi connectivity index (χ1) is 8.39. The highest BCUT2D eigenvalue weighted by Crippen LogP contribution is 2.37. The predicted molar refractivity (Wildman–Crippen MR) is 66.4 cm³/mol. The van der Waals surface area contributed by atoms with Crippen molar-refractivity contribution in [2.24, 2.45) is 0 Å². The quantitative estimate of drug-likeness (QED) is 0.669. The third-order valence-electron chi connectivity index (χ3n) is 2.90. The molecule has 2 aromatic rings. The molecule has 0 fully saturated rings. The number of halogens is 3. The van der Waals surface area contributed by atoms with Gasteiger partial charge in [-0.25, -0.2) is 0 Å². The van der Waals surface area contributed by atoms with Gasteiger partial charge in [0.25, 0.3) is 0 Å². The molecule has 0 saturated carbocycles. The Balaban J connectivity index is 2.64. The fourth-order valence-corrected chi connectivity index (χ4v) is 2.08. The second-order valence-electron chi connectivity index (χ2n) is 4.36. The lowest BCUT2D eigenvalue weighted by atomic mass is 9.94. The van der Waals surface area contributed by atoms with E-state index < -0.39 is 11.7 Å². The van der Waals surface area contributed by atoms with Crippen molar-refractivity contribution in [3.63, 3.8) is 0 Å². The van der Waals surface area contributed by atoms with Crippen molar-refractivity contribution in [1.29, 1.82) is 0 Å². The average molecular weight is 250 g/mol. The molecular formula is C15H13F3. The molecule has 0 radical (unpaired) electrons. The van der Waals surface area contributed by atoms with Crippen LogP contribution in [-0.2, 0) is 6.18 Å². The highest BCUT2D eigenvalue weighted by atomic mass is 19.4. The highest BCUT2D eigenvalue weighted by Gasteiger charge is 2.33. The van der Waals surface area contributed by atoms with Crippen molar-refractivity contribution < 1.29 is 13.2 Å². The van der Waals surface area contributed by atoms with E-state index in [1.807, 2.05) is 26.0 Å². The van der Waals surface area contributed by atoms with Crippen LogP contribution in [0, 0.1) is 13.8 Å². The summed E-state index contributed by atoms with van der Waals surface area (Å²) in [5.74, 6) is 0. The molecule has 3 heteroatoms. The van der Waals surface area contributed by atoms with Gasteiger partial charge in [-0.15, -0.1) is 0 Å². The van der Waals surface area contributed by atoms with E-state index in [-0.39, 0.29) is 5.56 Å². The molecule has 0 bridgehead atoms. The molecule has 0 spiro atoms. The number of aryl methyl sites for hydroxylation is 2. The largest absolute Gasteiger partial charge is 0.417 e. The second kappa shape index (κ2) is 4.48. The van der Waals surface area contributed by atoms with Gasteiger partial charge in [0.05, 0.1) is 5.56 Å². The van der Waals surface area contributed by atoms with E-state index in [4.69, 9.17) is 0 Å². The molecule has 0 N–H and O–H groups in total. The summed E-state index contributed by atoms with van der Waals surface area (Å²) in [6, 6.07) is 11.1. The van der Waals surface area contributed by atoms with E-state index >= 15 is 0 Å². The van der Waals surface area contributed by atoms with Crippen LogP contribution in [0.3, 0.4) is 0 Å². The Kier molecular flexibility index (Phi) is 3.16. The maximum absolute atomic E-state index is 12.9. The molecule has 2 rings (SSSR count). The topological polar surface area (TPSA) is 0 Å². The standard InChI is InChI=1S/C15H13F3/c1-10-7-8-12(11(2)9-10)13-5-3-4-6-14(13)15(16,17)18/h3-9H,1-2H3. The highest BCUT2D eigenvalue weighted by molar-refractivity contribution is 5.71. The number of hydrogen-bond acceptors (Lipinski definition) is 0. The number of benzene rings is 2. The minimum absolute atomic E-state index is 0.238. The van der Waals surface area contributed by atoms with Gasteiger partial charge in [0.1, 0.15) is 0 Å². The predicted octanol–water partition coefficient (Wildman–Crippen LogP) is 4.99. The van der Waals surface area contributed by atoms with Gasteiger partial charge in [-0.05, 0) is 36.6 Å². The zero-order chi connectivity index (χ0) is 13.3. The average Bonchev–Trinajstić information content (AvgIpc) is 2.28. The smallest absolute Gasteiger partial charge is 0.166 e. The summed E-state index contributed by atoms with van der Waals surface area (Å²) >= 11 is 0. The molecule has 0 aliphatic rings. The van der Waals surface area contributed by atoms with E-state index in [0.717, 1.165) is 17.2 Å². The zero-order valence-electron chi connectivity index (χ0n) is 10.2. The van der Waals surface area contributed by atoms with E-state index in [9.17, 15) is 13.2 Å². The maximum atomic E-state index is 12.9. The Morgan fingerprint density at radius 1 is 0.833 bits per heavy atom. The van der Waals surface area contributed by atoms with Gasteiger partial charge in [-0.1, -0.05) is 42.0 Å². The Morgan fingerprint density at radius 2 is 1.50 bits per heavy atom. The van der Waals surface area contributed by atoms with Gasteiger partial charge in [-0.2, -0.15) is 13.2 Å². The lowest BCUT2D eigenvalue weighted by Crippen LogP contribution is -2.07. The van der Waals surface area contributed by atoms with Crippen LogP contribution in [-0.4, -0.2) is 0 Å².